The van der Waals surface area contributed by atoms with E-state index in [4.69, 9.17) is 0 Å². The largest absolute Gasteiger partial charge is 0.0590 e. The van der Waals surface area contributed by atoms with Crippen molar-refractivity contribution in [2.24, 2.45) is 11.8 Å². The molecule has 0 aromatic heterocycles. The fourth-order valence-corrected chi connectivity index (χ4v) is 4.01. The Morgan fingerprint density at radius 3 is 2.29 bits per heavy atom. The molecule has 0 saturated heterocycles. The van der Waals surface area contributed by atoms with E-state index in [2.05, 4.69) is 31.2 Å². The van der Waals surface area contributed by atoms with Crippen LogP contribution >= 0.6 is 0 Å². The molecule has 3 atom stereocenters. The molecule has 3 rings (SSSR count). The van der Waals surface area contributed by atoms with Crippen molar-refractivity contribution in [3.63, 3.8) is 0 Å². The molecule has 2 aliphatic carbocycles. The van der Waals surface area contributed by atoms with Crippen LogP contribution in [0.2, 0.25) is 0 Å². The minimum absolute atomic E-state index is 0.856. The number of hydrogen-bond donors (Lipinski definition) is 0. The lowest BCUT2D eigenvalue weighted by atomic mass is 9.66. The molecule has 0 bridgehead atoms. The van der Waals surface area contributed by atoms with Crippen LogP contribution in [0.1, 0.15) is 62.0 Å². The normalized spacial score (nSPS) is 33.1. The Labute approximate surface area is 105 Å². The fraction of sp³-hybridized carbons (Fsp3) is 0.647. The van der Waals surface area contributed by atoms with E-state index in [1.807, 2.05) is 0 Å². The van der Waals surface area contributed by atoms with Gasteiger partial charge in [-0.25, -0.2) is 0 Å². The van der Waals surface area contributed by atoms with Gasteiger partial charge in [0, 0.05) is 0 Å². The smallest absolute Gasteiger partial charge is 0.0159 e. The fourth-order valence-electron chi connectivity index (χ4n) is 4.01. The Kier molecular flexibility index (Phi) is 3.22. The molecule has 2 saturated carbocycles. The molecule has 92 valence electrons. The highest BCUT2D eigenvalue weighted by atomic mass is 14.4. The van der Waals surface area contributed by atoms with Gasteiger partial charge >= 0.3 is 0 Å². The second kappa shape index (κ2) is 4.84. The van der Waals surface area contributed by atoms with Crippen molar-refractivity contribution >= 4 is 0 Å². The zero-order chi connectivity index (χ0) is 11.7. The Bertz CT molecular complexity index is 362. The summed E-state index contributed by atoms with van der Waals surface area (Å²) in [6.45, 7) is 2.18. The first-order valence-electron chi connectivity index (χ1n) is 7.39. The van der Waals surface area contributed by atoms with Gasteiger partial charge in [-0.15, -0.1) is 0 Å². The molecule has 0 nitrogen and oxygen atoms in total. The highest BCUT2D eigenvalue weighted by Crippen LogP contribution is 2.45. The van der Waals surface area contributed by atoms with Gasteiger partial charge in [-0.3, -0.25) is 0 Å². The molecule has 17 heavy (non-hydrogen) atoms. The Morgan fingerprint density at radius 1 is 0.824 bits per heavy atom. The average molecular weight is 228 g/mol. The average Bonchev–Trinajstić information content (AvgIpc) is 2.39. The van der Waals surface area contributed by atoms with Crippen molar-refractivity contribution in [1.29, 1.82) is 0 Å². The third-order valence-electron chi connectivity index (χ3n) is 5.09. The maximum atomic E-state index is 2.36. The Morgan fingerprint density at radius 2 is 1.53 bits per heavy atom. The predicted molar refractivity (Wildman–Crippen MR) is 73.2 cm³/mol. The van der Waals surface area contributed by atoms with E-state index in [0.717, 1.165) is 17.8 Å². The maximum absolute atomic E-state index is 2.36. The Balaban J connectivity index is 1.71. The summed E-state index contributed by atoms with van der Waals surface area (Å²) >= 11 is 0. The van der Waals surface area contributed by atoms with E-state index in [0.29, 0.717) is 0 Å². The zero-order valence-electron chi connectivity index (χ0n) is 11.0. The van der Waals surface area contributed by atoms with E-state index in [-0.39, 0.29) is 0 Å². The van der Waals surface area contributed by atoms with E-state index in [9.17, 15) is 0 Å². The number of benzene rings is 1. The van der Waals surface area contributed by atoms with E-state index in [1.165, 1.54) is 50.5 Å². The van der Waals surface area contributed by atoms with Crippen molar-refractivity contribution in [3.8, 4) is 0 Å². The van der Waals surface area contributed by atoms with Gasteiger partial charge in [0.25, 0.3) is 0 Å². The van der Waals surface area contributed by atoms with Crippen LogP contribution in [0.5, 0.6) is 0 Å². The molecule has 1 aromatic carbocycles. The van der Waals surface area contributed by atoms with Gasteiger partial charge in [0.2, 0.25) is 0 Å². The van der Waals surface area contributed by atoms with Crippen molar-refractivity contribution < 1.29 is 0 Å². The van der Waals surface area contributed by atoms with Gasteiger partial charge < -0.3 is 0 Å². The van der Waals surface area contributed by atoms with Crippen LogP contribution in [0.15, 0.2) is 24.3 Å². The maximum Gasteiger partial charge on any atom is -0.0159 e. The van der Waals surface area contributed by atoms with Gasteiger partial charge in [0.1, 0.15) is 0 Å². The molecule has 1 aromatic rings. The predicted octanol–water partition coefficient (Wildman–Crippen LogP) is 5.07. The number of rotatable bonds is 1. The quantitative estimate of drug-likeness (QED) is 0.629. The molecule has 0 heterocycles. The number of fused-ring (bicyclic) bond motifs is 1. The van der Waals surface area contributed by atoms with E-state index in [1.54, 1.807) is 5.56 Å². The number of hydrogen-bond acceptors (Lipinski definition) is 0. The first-order valence-corrected chi connectivity index (χ1v) is 7.39. The summed E-state index contributed by atoms with van der Waals surface area (Å²) in [4.78, 5) is 0. The minimum atomic E-state index is 0.856. The summed E-state index contributed by atoms with van der Waals surface area (Å²) in [6.07, 6.45) is 10.4. The van der Waals surface area contributed by atoms with Crippen molar-refractivity contribution in [1.82, 2.24) is 0 Å². The molecule has 0 radical (unpaired) electrons. The van der Waals surface area contributed by atoms with Crippen molar-refractivity contribution in [2.75, 3.05) is 0 Å². The van der Waals surface area contributed by atoms with Gasteiger partial charge in [-0.05, 0) is 49.5 Å². The minimum Gasteiger partial charge on any atom is -0.0590 e. The van der Waals surface area contributed by atoms with Crippen LogP contribution in [0.3, 0.4) is 0 Å². The summed E-state index contributed by atoms with van der Waals surface area (Å²) in [7, 11) is 0. The van der Waals surface area contributed by atoms with Gasteiger partial charge in [-0.2, -0.15) is 0 Å². The highest BCUT2D eigenvalue weighted by Gasteiger charge is 2.32. The SMILES string of the molecule is Cc1ccc(C2CCC3CCCCC3C2)cc1. The third-order valence-corrected chi connectivity index (χ3v) is 5.09. The first-order chi connectivity index (χ1) is 8.33. The molecule has 0 N–H and O–H groups in total. The van der Waals surface area contributed by atoms with E-state index < -0.39 is 0 Å². The lowest BCUT2D eigenvalue weighted by Gasteiger charge is -2.39. The summed E-state index contributed by atoms with van der Waals surface area (Å²) in [6, 6.07) is 9.29. The molecule has 2 fully saturated rings. The standard InChI is InChI=1S/C17H24/c1-13-6-8-15(9-7-13)17-11-10-14-4-2-3-5-16(14)12-17/h6-9,14,16-17H,2-5,10-12H2,1H3. The van der Waals surface area contributed by atoms with Crippen LogP contribution in [0.25, 0.3) is 0 Å². The van der Waals surface area contributed by atoms with Crippen LogP contribution in [-0.2, 0) is 0 Å². The first kappa shape index (κ1) is 11.3. The highest BCUT2D eigenvalue weighted by molar-refractivity contribution is 5.25. The molecular formula is C17H24. The summed E-state index contributed by atoms with van der Waals surface area (Å²) in [5.41, 5.74) is 2.99. The van der Waals surface area contributed by atoms with Crippen LogP contribution in [0, 0.1) is 18.8 Å². The van der Waals surface area contributed by atoms with Crippen LogP contribution in [-0.4, -0.2) is 0 Å². The van der Waals surface area contributed by atoms with Gasteiger partial charge in [-0.1, -0.05) is 55.5 Å². The molecule has 0 aliphatic heterocycles. The molecule has 0 amide bonds. The number of aryl methyl sites for hydroxylation is 1. The second-order valence-electron chi connectivity index (χ2n) is 6.23. The summed E-state index contributed by atoms with van der Waals surface area (Å²) in [5, 5.41) is 0. The van der Waals surface area contributed by atoms with E-state index >= 15 is 0 Å². The molecular weight excluding hydrogens is 204 g/mol. The van der Waals surface area contributed by atoms with Crippen LogP contribution in [0.4, 0.5) is 0 Å². The summed E-state index contributed by atoms with van der Waals surface area (Å²) < 4.78 is 0. The molecule has 0 heteroatoms. The monoisotopic (exact) mass is 228 g/mol. The molecule has 0 spiro atoms. The lowest BCUT2D eigenvalue weighted by molar-refractivity contribution is 0.155. The van der Waals surface area contributed by atoms with Crippen LogP contribution < -0.4 is 0 Å². The van der Waals surface area contributed by atoms with Crippen molar-refractivity contribution in [2.45, 2.75) is 57.8 Å². The van der Waals surface area contributed by atoms with Gasteiger partial charge in [0.15, 0.2) is 0 Å². The molecule has 3 unspecified atom stereocenters. The van der Waals surface area contributed by atoms with Crippen molar-refractivity contribution in [3.05, 3.63) is 35.4 Å². The summed E-state index contributed by atoms with van der Waals surface area (Å²) in [5.74, 6) is 2.98. The third kappa shape index (κ3) is 2.41. The molecule has 2 aliphatic rings. The topological polar surface area (TPSA) is 0 Å². The second-order valence-corrected chi connectivity index (χ2v) is 6.23. The lowest BCUT2D eigenvalue weighted by Crippen LogP contribution is -2.26. The van der Waals surface area contributed by atoms with Gasteiger partial charge in [0.05, 0.1) is 0 Å². The Hall–Kier alpha value is -0.780. The zero-order valence-corrected chi connectivity index (χ0v) is 11.0.